The number of fused-ring (bicyclic) bond motifs is 1. The monoisotopic (exact) mass is 564 g/mol. The van der Waals surface area contributed by atoms with Crippen molar-refractivity contribution in [3.8, 4) is 11.5 Å². The molecule has 7 rings (SSSR count). The molecule has 2 fully saturated rings. The maximum absolute atomic E-state index is 6.49. The van der Waals surface area contributed by atoms with Gasteiger partial charge in [0.05, 0.1) is 17.6 Å². The van der Waals surface area contributed by atoms with Crippen LogP contribution < -0.4 is 0 Å². The number of aromatic nitrogens is 4. The number of piperazine rings is 1. The zero-order chi connectivity index (χ0) is 27.9. The largest absolute Gasteiger partial charge is 0.337 e. The number of aromatic amines is 1. The average Bonchev–Trinajstić information content (AvgIpc) is 3.42. The summed E-state index contributed by atoms with van der Waals surface area (Å²) in [6, 6.07) is 25.9. The molecule has 7 heteroatoms. The normalized spacial score (nSPS) is 19.7. The highest BCUT2D eigenvalue weighted by Crippen LogP contribution is 2.50. The van der Waals surface area contributed by atoms with Crippen LogP contribution in [-0.4, -0.2) is 62.8 Å². The Hall–Kier alpha value is -3.45. The van der Waals surface area contributed by atoms with Gasteiger partial charge in [0.25, 0.3) is 0 Å². The molecule has 2 aromatic heterocycles. The fraction of sp³-hybridized carbons (Fsp3) is 0.353. The lowest BCUT2D eigenvalue weighted by Crippen LogP contribution is -2.43. The van der Waals surface area contributed by atoms with E-state index in [0.29, 0.717) is 18.4 Å². The first kappa shape index (κ1) is 26.4. The SMILES string of the molecule is Cc1cc(-c2nc3ccc(CN4CCN(C)CC4)cc3[nH]2)nn1Cc1cc(Cl)ccc1C1CC1Cc1ccccc1. The minimum atomic E-state index is 0.577. The number of hydrogen-bond acceptors (Lipinski definition) is 4. The Morgan fingerprint density at radius 3 is 2.56 bits per heavy atom. The van der Waals surface area contributed by atoms with Crippen molar-refractivity contribution >= 4 is 22.6 Å². The molecule has 210 valence electrons. The molecule has 1 saturated carbocycles. The Morgan fingerprint density at radius 2 is 1.73 bits per heavy atom. The molecule has 0 amide bonds. The predicted octanol–water partition coefficient (Wildman–Crippen LogP) is 6.53. The third-order valence-corrected chi connectivity index (χ3v) is 9.10. The van der Waals surface area contributed by atoms with Gasteiger partial charge < -0.3 is 9.88 Å². The van der Waals surface area contributed by atoms with E-state index in [0.717, 1.165) is 72.4 Å². The van der Waals surface area contributed by atoms with Crippen molar-refractivity contribution in [1.29, 1.82) is 0 Å². The number of rotatable bonds is 8. The summed E-state index contributed by atoms with van der Waals surface area (Å²) in [6.45, 7) is 8.28. The minimum Gasteiger partial charge on any atom is -0.337 e. The van der Waals surface area contributed by atoms with Gasteiger partial charge in [0.15, 0.2) is 5.82 Å². The van der Waals surface area contributed by atoms with Crippen LogP contribution in [0.4, 0.5) is 0 Å². The molecule has 2 unspecified atom stereocenters. The van der Waals surface area contributed by atoms with Crippen molar-refractivity contribution in [1.82, 2.24) is 29.5 Å². The molecule has 1 aliphatic heterocycles. The first-order chi connectivity index (χ1) is 20.0. The van der Waals surface area contributed by atoms with E-state index >= 15 is 0 Å². The molecule has 1 saturated heterocycles. The van der Waals surface area contributed by atoms with Gasteiger partial charge in [-0.1, -0.05) is 54.1 Å². The fourth-order valence-electron chi connectivity index (χ4n) is 6.33. The minimum absolute atomic E-state index is 0.577. The van der Waals surface area contributed by atoms with E-state index in [1.165, 1.54) is 28.7 Å². The van der Waals surface area contributed by atoms with Crippen molar-refractivity contribution in [3.63, 3.8) is 0 Å². The van der Waals surface area contributed by atoms with Gasteiger partial charge in [0.1, 0.15) is 5.69 Å². The molecular weight excluding hydrogens is 528 g/mol. The van der Waals surface area contributed by atoms with Crippen LogP contribution in [-0.2, 0) is 19.5 Å². The number of likely N-dealkylation sites (N-methyl/N-ethyl adjacent to an activating group) is 1. The number of benzene rings is 3. The molecule has 0 spiro atoms. The van der Waals surface area contributed by atoms with Crippen LogP contribution in [0.5, 0.6) is 0 Å². The maximum atomic E-state index is 6.49. The van der Waals surface area contributed by atoms with Gasteiger partial charge in [-0.2, -0.15) is 5.10 Å². The first-order valence-electron chi connectivity index (χ1n) is 14.7. The second kappa shape index (κ2) is 11.1. The van der Waals surface area contributed by atoms with Gasteiger partial charge in [0, 0.05) is 43.4 Å². The van der Waals surface area contributed by atoms with E-state index in [1.807, 2.05) is 6.07 Å². The van der Waals surface area contributed by atoms with Crippen molar-refractivity contribution in [2.45, 2.75) is 38.8 Å². The smallest absolute Gasteiger partial charge is 0.159 e. The highest BCUT2D eigenvalue weighted by molar-refractivity contribution is 6.30. The highest BCUT2D eigenvalue weighted by Gasteiger charge is 2.39. The van der Waals surface area contributed by atoms with Gasteiger partial charge in [-0.25, -0.2) is 4.98 Å². The molecular formula is C34H37ClN6. The lowest BCUT2D eigenvalue weighted by Gasteiger charge is -2.32. The van der Waals surface area contributed by atoms with Crippen molar-refractivity contribution in [2.75, 3.05) is 33.2 Å². The van der Waals surface area contributed by atoms with E-state index in [9.17, 15) is 0 Å². The molecule has 2 aliphatic rings. The quantitative estimate of drug-likeness (QED) is 0.233. The van der Waals surface area contributed by atoms with E-state index < -0.39 is 0 Å². The fourth-order valence-corrected chi connectivity index (χ4v) is 6.53. The molecule has 1 N–H and O–H groups in total. The number of halogens is 1. The summed E-state index contributed by atoms with van der Waals surface area (Å²) in [5, 5.41) is 5.77. The van der Waals surface area contributed by atoms with Crippen molar-refractivity contribution in [2.24, 2.45) is 5.92 Å². The third kappa shape index (κ3) is 5.82. The van der Waals surface area contributed by atoms with Crippen molar-refractivity contribution < 1.29 is 0 Å². The van der Waals surface area contributed by atoms with Crippen LogP contribution in [0.25, 0.3) is 22.6 Å². The van der Waals surface area contributed by atoms with Crippen LogP contribution in [0.3, 0.4) is 0 Å². The summed E-state index contributed by atoms with van der Waals surface area (Å²) in [5.41, 5.74) is 9.42. The molecule has 0 bridgehead atoms. The van der Waals surface area contributed by atoms with Crippen LogP contribution in [0.15, 0.2) is 72.8 Å². The zero-order valence-electron chi connectivity index (χ0n) is 23.9. The summed E-state index contributed by atoms with van der Waals surface area (Å²) >= 11 is 6.49. The summed E-state index contributed by atoms with van der Waals surface area (Å²) < 4.78 is 2.09. The van der Waals surface area contributed by atoms with Crippen LogP contribution >= 0.6 is 11.6 Å². The average molecular weight is 565 g/mol. The Kier molecular flexibility index (Phi) is 7.15. The number of aryl methyl sites for hydroxylation is 1. The Morgan fingerprint density at radius 1 is 0.902 bits per heavy atom. The van der Waals surface area contributed by atoms with Gasteiger partial charge in [-0.15, -0.1) is 0 Å². The Labute approximate surface area is 247 Å². The zero-order valence-corrected chi connectivity index (χ0v) is 24.6. The van der Waals surface area contributed by atoms with Gasteiger partial charge in [0.2, 0.25) is 0 Å². The second-order valence-electron chi connectivity index (χ2n) is 12.0. The lowest BCUT2D eigenvalue weighted by molar-refractivity contribution is 0.148. The Balaban J connectivity index is 1.08. The summed E-state index contributed by atoms with van der Waals surface area (Å²) in [7, 11) is 2.20. The maximum Gasteiger partial charge on any atom is 0.159 e. The molecule has 0 radical (unpaired) electrons. The van der Waals surface area contributed by atoms with Gasteiger partial charge in [-0.3, -0.25) is 9.58 Å². The summed E-state index contributed by atoms with van der Waals surface area (Å²) in [4.78, 5) is 13.4. The number of H-pyrrole nitrogens is 1. The van der Waals surface area contributed by atoms with E-state index in [1.54, 1.807) is 0 Å². The lowest BCUT2D eigenvalue weighted by atomic mass is 9.99. The number of nitrogens with one attached hydrogen (secondary N) is 1. The second-order valence-corrected chi connectivity index (χ2v) is 12.4. The number of hydrogen-bond donors (Lipinski definition) is 1. The molecule has 41 heavy (non-hydrogen) atoms. The molecule has 1 aliphatic carbocycles. The van der Waals surface area contributed by atoms with Crippen LogP contribution in [0, 0.1) is 12.8 Å². The van der Waals surface area contributed by atoms with E-state index in [2.05, 4.69) is 100 Å². The van der Waals surface area contributed by atoms with Crippen molar-refractivity contribution in [3.05, 3.63) is 106 Å². The van der Waals surface area contributed by atoms with E-state index in [-0.39, 0.29) is 0 Å². The van der Waals surface area contributed by atoms with Crippen LogP contribution in [0.2, 0.25) is 5.02 Å². The molecule has 6 nitrogen and oxygen atoms in total. The summed E-state index contributed by atoms with van der Waals surface area (Å²) in [6.07, 6.45) is 2.35. The van der Waals surface area contributed by atoms with Gasteiger partial charge >= 0.3 is 0 Å². The predicted molar refractivity (Wildman–Crippen MR) is 166 cm³/mol. The standard InChI is InChI=1S/C34H37ClN6/c1-23-16-33(34-36-31-11-8-25(18-32(31)37-34)21-40-14-12-39(2)13-15-40)38-41(23)22-27-19-28(35)9-10-29(27)30-20-26(30)17-24-6-4-3-5-7-24/h3-11,16,18-19,26,30H,12-15,17,20-22H2,1-2H3,(H,36,37). The number of imidazole rings is 1. The Bertz CT molecular complexity index is 1660. The van der Waals surface area contributed by atoms with E-state index in [4.69, 9.17) is 21.7 Å². The van der Waals surface area contributed by atoms with Gasteiger partial charge in [-0.05, 0) is 91.2 Å². The highest BCUT2D eigenvalue weighted by atomic mass is 35.5. The van der Waals surface area contributed by atoms with Crippen LogP contribution in [0.1, 0.15) is 40.3 Å². The molecule has 2 atom stereocenters. The third-order valence-electron chi connectivity index (χ3n) is 8.86. The molecule has 5 aromatic rings. The number of nitrogens with zero attached hydrogens (tertiary/aromatic N) is 5. The topological polar surface area (TPSA) is 53.0 Å². The first-order valence-corrected chi connectivity index (χ1v) is 15.1. The molecule has 3 heterocycles. The summed E-state index contributed by atoms with van der Waals surface area (Å²) in [5.74, 6) is 2.08. The molecule has 3 aromatic carbocycles.